The van der Waals surface area contributed by atoms with E-state index in [0.29, 0.717) is 44.9 Å². The molecule has 0 aliphatic heterocycles. The van der Waals surface area contributed by atoms with Gasteiger partial charge in [0.25, 0.3) is 0 Å². The number of aromatic nitrogens is 4. The second-order valence-corrected chi connectivity index (χ2v) is 7.71. The van der Waals surface area contributed by atoms with Crippen LogP contribution in [0.2, 0.25) is 0 Å². The Labute approximate surface area is 185 Å². The highest BCUT2D eigenvalue weighted by Crippen LogP contribution is 2.26. The van der Waals surface area contributed by atoms with E-state index in [-0.39, 0.29) is 24.6 Å². The molecule has 3 aromatic heterocycles. The van der Waals surface area contributed by atoms with Crippen LogP contribution in [0.3, 0.4) is 0 Å². The molecule has 32 heavy (non-hydrogen) atoms. The summed E-state index contributed by atoms with van der Waals surface area (Å²) >= 11 is 1.27. The predicted octanol–water partition coefficient (Wildman–Crippen LogP) is 3.99. The molecule has 2 N–H and O–H groups in total. The van der Waals surface area contributed by atoms with Gasteiger partial charge in [-0.1, -0.05) is 5.16 Å². The second-order valence-electron chi connectivity index (χ2n) is 6.86. The Morgan fingerprint density at radius 1 is 1.25 bits per heavy atom. The number of aromatic amines is 1. The number of esters is 1. The number of anilines is 1. The monoisotopic (exact) mass is 455 g/mol. The molecule has 3 heterocycles. The Hall–Kier alpha value is -3.86. The summed E-state index contributed by atoms with van der Waals surface area (Å²) in [5.74, 6) is -0.392. The largest absolute Gasteiger partial charge is 0.464 e. The van der Waals surface area contributed by atoms with Crippen molar-refractivity contribution in [1.29, 1.82) is 0 Å². The third kappa shape index (κ3) is 4.72. The van der Waals surface area contributed by atoms with Crippen LogP contribution in [0.5, 0.6) is 0 Å². The smallest absolute Gasteiger partial charge is 0.354 e. The van der Waals surface area contributed by atoms with E-state index < -0.39 is 5.97 Å². The van der Waals surface area contributed by atoms with E-state index >= 15 is 0 Å². The number of amides is 1. The number of halogens is 1. The summed E-state index contributed by atoms with van der Waals surface area (Å²) < 4.78 is 23.3. The van der Waals surface area contributed by atoms with Gasteiger partial charge in [-0.15, -0.1) is 11.3 Å². The standard InChI is InChI=1S/C21H18FN5O4S/c1-11-7-12(3-4-14(11)22)19-26-18(31-27-19)6-5-17(28)25-21-24-16(10-32-21)13-8-15(23-9-13)20(29)30-2/h3-4,7-10,23H,5-6H2,1-2H3,(H,24,25,28). The number of carbonyl (C=O) groups is 2. The third-order valence-corrected chi connectivity index (χ3v) is 5.34. The Morgan fingerprint density at radius 3 is 2.88 bits per heavy atom. The lowest BCUT2D eigenvalue weighted by Gasteiger charge is -1.99. The van der Waals surface area contributed by atoms with Crippen LogP contribution >= 0.6 is 11.3 Å². The van der Waals surface area contributed by atoms with Crippen molar-refractivity contribution in [3.05, 3.63) is 58.8 Å². The highest BCUT2D eigenvalue weighted by Gasteiger charge is 2.15. The maximum atomic E-state index is 13.4. The second kappa shape index (κ2) is 9.10. The van der Waals surface area contributed by atoms with Gasteiger partial charge in [-0.2, -0.15) is 4.98 Å². The van der Waals surface area contributed by atoms with Crippen LogP contribution in [0.25, 0.3) is 22.6 Å². The average Bonchev–Trinajstić information content (AvgIpc) is 3.54. The van der Waals surface area contributed by atoms with Gasteiger partial charge in [0.1, 0.15) is 11.5 Å². The van der Waals surface area contributed by atoms with Crippen molar-refractivity contribution < 1.29 is 23.2 Å². The zero-order valence-electron chi connectivity index (χ0n) is 17.1. The summed E-state index contributed by atoms with van der Waals surface area (Å²) in [6, 6.07) is 6.18. The summed E-state index contributed by atoms with van der Waals surface area (Å²) in [7, 11) is 1.30. The van der Waals surface area contributed by atoms with Crippen LogP contribution in [0.1, 0.15) is 28.4 Å². The topological polar surface area (TPSA) is 123 Å². The number of H-pyrrole nitrogens is 1. The van der Waals surface area contributed by atoms with Crippen LogP contribution in [-0.4, -0.2) is 39.1 Å². The van der Waals surface area contributed by atoms with E-state index in [1.807, 2.05) is 0 Å². The van der Waals surface area contributed by atoms with Gasteiger partial charge in [-0.3, -0.25) is 4.79 Å². The zero-order chi connectivity index (χ0) is 22.7. The van der Waals surface area contributed by atoms with Crippen molar-refractivity contribution in [1.82, 2.24) is 20.1 Å². The molecule has 4 rings (SSSR count). The van der Waals surface area contributed by atoms with E-state index in [4.69, 9.17) is 4.52 Å². The number of methoxy groups -OCH3 is 1. The summed E-state index contributed by atoms with van der Waals surface area (Å²) in [5.41, 5.74) is 2.76. The van der Waals surface area contributed by atoms with Gasteiger partial charge in [0.2, 0.25) is 17.6 Å². The SMILES string of the molecule is COC(=O)c1cc(-c2csc(NC(=O)CCc3nc(-c4ccc(F)c(C)c4)no3)n2)c[nH]1. The lowest BCUT2D eigenvalue weighted by molar-refractivity contribution is -0.116. The van der Waals surface area contributed by atoms with Crippen molar-refractivity contribution in [2.45, 2.75) is 19.8 Å². The van der Waals surface area contributed by atoms with Crippen molar-refractivity contribution in [2.75, 3.05) is 12.4 Å². The number of hydrogen-bond donors (Lipinski definition) is 2. The molecule has 9 nitrogen and oxygen atoms in total. The van der Waals surface area contributed by atoms with E-state index in [1.165, 1.54) is 24.5 Å². The molecule has 0 atom stereocenters. The number of carbonyl (C=O) groups excluding carboxylic acids is 2. The van der Waals surface area contributed by atoms with E-state index in [1.54, 1.807) is 36.7 Å². The van der Waals surface area contributed by atoms with Gasteiger partial charge in [-0.05, 0) is 36.8 Å². The molecular weight excluding hydrogens is 437 g/mol. The van der Waals surface area contributed by atoms with Crippen LogP contribution < -0.4 is 5.32 Å². The fourth-order valence-corrected chi connectivity index (χ4v) is 3.63. The molecule has 1 amide bonds. The third-order valence-electron chi connectivity index (χ3n) is 4.58. The quantitative estimate of drug-likeness (QED) is 0.404. The van der Waals surface area contributed by atoms with Gasteiger partial charge in [0, 0.05) is 35.5 Å². The maximum Gasteiger partial charge on any atom is 0.354 e. The predicted molar refractivity (Wildman–Crippen MR) is 115 cm³/mol. The van der Waals surface area contributed by atoms with Gasteiger partial charge in [0.05, 0.1) is 12.8 Å². The van der Waals surface area contributed by atoms with Gasteiger partial charge >= 0.3 is 5.97 Å². The molecule has 0 aliphatic rings. The fraction of sp³-hybridized carbons (Fsp3) is 0.190. The summed E-state index contributed by atoms with van der Waals surface area (Å²) in [4.78, 5) is 35.3. The highest BCUT2D eigenvalue weighted by atomic mass is 32.1. The number of rotatable bonds is 7. The molecule has 1 aromatic carbocycles. The minimum Gasteiger partial charge on any atom is -0.464 e. The van der Waals surface area contributed by atoms with Crippen LogP contribution in [0, 0.1) is 12.7 Å². The first-order valence-corrected chi connectivity index (χ1v) is 10.4. The van der Waals surface area contributed by atoms with E-state index in [9.17, 15) is 14.0 Å². The van der Waals surface area contributed by atoms with Gasteiger partial charge < -0.3 is 19.6 Å². The molecule has 0 fully saturated rings. The Kier molecular flexibility index (Phi) is 6.08. The molecule has 164 valence electrons. The Bertz CT molecular complexity index is 1280. The molecule has 0 bridgehead atoms. The van der Waals surface area contributed by atoms with Crippen molar-refractivity contribution >= 4 is 28.3 Å². The number of ether oxygens (including phenoxy) is 1. The van der Waals surface area contributed by atoms with Crippen LogP contribution in [-0.2, 0) is 16.0 Å². The molecule has 0 radical (unpaired) electrons. The van der Waals surface area contributed by atoms with Crippen molar-refractivity contribution in [3.8, 4) is 22.6 Å². The molecule has 0 unspecified atom stereocenters. The van der Waals surface area contributed by atoms with E-state index in [2.05, 4.69) is 30.2 Å². The molecular formula is C21H18FN5O4S. The van der Waals surface area contributed by atoms with Crippen LogP contribution in [0.15, 0.2) is 40.4 Å². The number of thiazole rings is 1. The van der Waals surface area contributed by atoms with Crippen LogP contribution in [0.4, 0.5) is 9.52 Å². The average molecular weight is 455 g/mol. The van der Waals surface area contributed by atoms with Crippen molar-refractivity contribution in [3.63, 3.8) is 0 Å². The van der Waals surface area contributed by atoms with E-state index in [0.717, 1.165) is 0 Å². The number of nitrogens with one attached hydrogen (secondary N) is 2. The highest BCUT2D eigenvalue weighted by molar-refractivity contribution is 7.14. The molecule has 4 aromatic rings. The normalized spacial score (nSPS) is 10.8. The van der Waals surface area contributed by atoms with Crippen molar-refractivity contribution in [2.24, 2.45) is 0 Å². The number of benzene rings is 1. The first kappa shape index (κ1) is 21.4. The number of aryl methyl sites for hydroxylation is 2. The zero-order valence-corrected chi connectivity index (χ0v) is 18.0. The first-order valence-electron chi connectivity index (χ1n) is 9.54. The molecule has 11 heteroatoms. The Morgan fingerprint density at radius 2 is 2.09 bits per heavy atom. The number of hydrogen-bond acceptors (Lipinski definition) is 8. The molecule has 0 aliphatic carbocycles. The lowest BCUT2D eigenvalue weighted by Crippen LogP contribution is -2.12. The summed E-state index contributed by atoms with van der Waals surface area (Å²) in [6.45, 7) is 1.66. The minimum absolute atomic E-state index is 0.121. The van der Waals surface area contributed by atoms with Gasteiger partial charge in [0.15, 0.2) is 5.13 Å². The maximum absolute atomic E-state index is 13.4. The van der Waals surface area contributed by atoms with Gasteiger partial charge in [-0.25, -0.2) is 14.2 Å². The lowest BCUT2D eigenvalue weighted by atomic mass is 10.1. The summed E-state index contributed by atoms with van der Waals surface area (Å²) in [6.07, 6.45) is 2.01. The minimum atomic E-state index is -0.473. The Balaban J connectivity index is 1.33. The summed E-state index contributed by atoms with van der Waals surface area (Å²) in [5, 5.41) is 8.82. The number of nitrogens with zero attached hydrogens (tertiary/aromatic N) is 3. The first-order chi connectivity index (χ1) is 15.4. The molecule has 0 spiro atoms. The molecule has 0 saturated heterocycles. The fourth-order valence-electron chi connectivity index (χ4n) is 2.89. The molecule has 0 saturated carbocycles.